The van der Waals surface area contributed by atoms with Crippen molar-refractivity contribution in [3.8, 4) is 11.8 Å². The lowest BCUT2D eigenvalue weighted by atomic mass is 10.2. The third-order valence-electron chi connectivity index (χ3n) is 2.12. The van der Waals surface area contributed by atoms with E-state index in [2.05, 4.69) is 32.9 Å². The van der Waals surface area contributed by atoms with Gasteiger partial charge in [-0.1, -0.05) is 30.0 Å². The Morgan fingerprint density at radius 2 is 2.11 bits per heavy atom. The lowest BCUT2D eigenvalue weighted by molar-refractivity contribution is -0.390. The molecule has 0 amide bonds. The van der Waals surface area contributed by atoms with E-state index in [-0.39, 0.29) is 5.82 Å². The molecule has 0 spiro atoms. The second kappa shape index (κ2) is 5.47. The first-order valence-electron chi connectivity index (χ1n) is 5.08. The molecule has 90 valence electrons. The zero-order valence-corrected chi connectivity index (χ0v) is 10.8. The van der Waals surface area contributed by atoms with Crippen LogP contribution in [0.4, 0.5) is 5.82 Å². The lowest BCUT2D eigenvalue weighted by Gasteiger charge is -1.87. The zero-order valence-electron chi connectivity index (χ0n) is 9.21. The molecule has 6 heteroatoms. The summed E-state index contributed by atoms with van der Waals surface area (Å²) < 4.78 is 1.78. The Balaban J connectivity index is 2.10. The summed E-state index contributed by atoms with van der Waals surface area (Å²) in [4.78, 5) is 10.1. The van der Waals surface area contributed by atoms with E-state index in [0.29, 0.717) is 11.0 Å². The Labute approximate surface area is 112 Å². The molecule has 5 nitrogen and oxygen atoms in total. The van der Waals surface area contributed by atoms with Crippen molar-refractivity contribution in [2.45, 2.75) is 6.54 Å². The maximum absolute atomic E-state index is 10.6. The maximum Gasteiger partial charge on any atom is 0.404 e. The molecule has 0 saturated carbocycles. The summed E-state index contributed by atoms with van der Waals surface area (Å²) in [5, 5.41) is 14.4. The van der Waals surface area contributed by atoms with E-state index in [1.54, 1.807) is 0 Å². The SMILES string of the molecule is O=[N+]([O-])c1nn(CC#Cc2ccccc2)cc1Br. The first kappa shape index (κ1) is 12.3. The Hall–Kier alpha value is -2.13. The number of halogens is 1. The van der Waals surface area contributed by atoms with E-state index >= 15 is 0 Å². The highest BCUT2D eigenvalue weighted by atomic mass is 79.9. The summed E-state index contributed by atoms with van der Waals surface area (Å²) in [6, 6.07) is 9.51. The molecule has 0 aliphatic rings. The van der Waals surface area contributed by atoms with E-state index in [1.807, 2.05) is 30.3 Å². The molecule has 1 aromatic heterocycles. The molecule has 0 saturated heterocycles. The van der Waals surface area contributed by atoms with Crippen molar-refractivity contribution in [2.24, 2.45) is 0 Å². The van der Waals surface area contributed by atoms with E-state index in [1.165, 1.54) is 10.9 Å². The number of nitro groups is 1. The highest BCUT2D eigenvalue weighted by Crippen LogP contribution is 2.21. The van der Waals surface area contributed by atoms with E-state index in [9.17, 15) is 10.1 Å². The Morgan fingerprint density at radius 3 is 2.72 bits per heavy atom. The van der Waals surface area contributed by atoms with Crippen LogP contribution in [0.25, 0.3) is 0 Å². The third-order valence-corrected chi connectivity index (χ3v) is 2.68. The molecule has 1 heterocycles. The third kappa shape index (κ3) is 2.96. The summed E-state index contributed by atoms with van der Waals surface area (Å²) >= 11 is 3.08. The second-order valence-corrected chi connectivity index (χ2v) is 4.28. The summed E-state index contributed by atoms with van der Waals surface area (Å²) in [5.41, 5.74) is 0.901. The number of nitrogens with zero attached hydrogens (tertiary/aromatic N) is 3. The molecule has 0 fully saturated rings. The average molecular weight is 306 g/mol. The van der Waals surface area contributed by atoms with Crippen molar-refractivity contribution < 1.29 is 4.92 Å². The van der Waals surface area contributed by atoms with Crippen LogP contribution in [0.2, 0.25) is 0 Å². The van der Waals surface area contributed by atoms with Crippen LogP contribution in [0.3, 0.4) is 0 Å². The predicted octanol–water partition coefficient (Wildman–Crippen LogP) is 2.61. The van der Waals surface area contributed by atoms with E-state index < -0.39 is 4.92 Å². The van der Waals surface area contributed by atoms with Crippen molar-refractivity contribution in [1.82, 2.24) is 9.78 Å². The largest absolute Gasteiger partial charge is 0.404 e. The maximum atomic E-state index is 10.6. The topological polar surface area (TPSA) is 61.0 Å². The summed E-state index contributed by atoms with van der Waals surface area (Å²) in [7, 11) is 0. The van der Waals surface area contributed by atoms with Gasteiger partial charge in [0.15, 0.2) is 0 Å². The van der Waals surface area contributed by atoms with Gasteiger partial charge >= 0.3 is 5.82 Å². The minimum absolute atomic E-state index is 0.198. The van der Waals surface area contributed by atoms with Crippen LogP contribution in [-0.4, -0.2) is 14.7 Å². The van der Waals surface area contributed by atoms with Gasteiger partial charge in [-0.25, -0.2) is 0 Å². The Bertz CT molecular complexity index is 626. The summed E-state index contributed by atoms with van der Waals surface area (Å²) in [5.74, 6) is 5.66. The quantitative estimate of drug-likeness (QED) is 0.487. The minimum atomic E-state index is -0.537. The number of rotatable bonds is 2. The fraction of sp³-hybridized carbons (Fsp3) is 0.0833. The van der Waals surface area contributed by atoms with Gasteiger partial charge in [-0.3, -0.25) is 0 Å². The molecule has 1 aromatic carbocycles. The van der Waals surface area contributed by atoms with Crippen LogP contribution in [0, 0.1) is 22.0 Å². The Morgan fingerprint density at radius 1 is 1.39 bits per heavy atom. The molecule has 2 rings (SSSR count). The first-order valence-corrected chi connectivity index (χ1v) is 5.87. The molecule has 0 N–H and O–H groups in total. The first-order chi connectivity index (χ1) is 8.66. The molecular weight excluding hydrogens is 298 g/mol. The standard InChI is InChI=1S/C12H8BrN3O2/c13-11-9-15(14-12(11)16(17)18)8-4-7-10-5-2-1-3-6-10/h1-3,5-6,9H,8H2. The molecule has 0 radical (unpaired) electrons. The van der Waals surface area contributed by atoms with Gasteiger partial charge in [0.05, 0.1) is 11.3 Å². The number of aromatic nitrogens is 2. The molecule has 0 atom stereocenters. The van der Waals surface area contributed by atoms with Crippen LogP contribution in [0.5, 0.6) is 0 Å². The Kier molecular flexibility index (Phi) is 3.75. The monoisotopic (exact) mass is 305 g/mol. The highest BCUT2D eigenvalue weighted by molar-refractivity contribution is 9.10. The molecule has 0 aliphatic heterocycles. The van der Waals surface area contributed by atoms with Gasteiger partial charge < -0.3 is 10.1 Å². The fourth-order valence-corrected chi connectivity index (χ4v) is 1.80. The van der Waals surface area contributed by atoms with Crippen molar-refractivity contribution >= 4 is 21.7 Å². The fourth-order valence-electron chi connectivity index (χ4n) is 1.34. The molecule has 18 heavy (non-hydrogen) atoms. The van der Waals surface area contributed by atoms with Gasteiger partial charge in [0.25, 0.3) is 0 Å². The molecule has 0 aliphatic carbocycles. The van der Waals surface area contributed by atoms with Crippen LogP contribution in [0.1, 0.15) is 5.56 Å². The van der Waals surface area contributed by atoms with Crippen LogP contribution in [-0.2, 0) is 6.54 Å². The van der Waals surface area contributed by atoms with Crippen molar-refractivity contribution in [2.75, 3.05) is 0 Å². The van der Waals surface area contributed by atoms with Crippen molar-refractivity contribution in [3.63, 3.8) is 0 Å². The highest BCUT2D eigenvalue weighted by Gasteiger charge is 2.17. The smallest absolute Gasteiger partial charge is 0.358 e. The number of hydrogen-bond acceptors (Lipinski definition) is 3. The van der Waals surface area contributed by atoms with Crippen molar-refractivity contribution in [1.29, 1.82) is 0 Å². The lowest BCUT2D eigenvalue weighted by Crippen LogP contribution is -1.97. The van der Waals surface area contributed by atoms with Gasteiger partial charge in [-0.05, 0) is 33.0 Å². The zero-order chi connectivity index (χ0) is 13.0. The summed E-state index contributed by atoms with van der Waals surface area (Å²) in [6.45, 7) is 0.307. The molecular formula is C12H8BrN3O2. The molecule has 0 bridgehead atoms. The van der Waals surface area contributed by atoms with Gasteiger partial charge in [0, 0.05) is 5.56 Å². The van der Waals surface area contributed by atoms with Gasteiger partial charge in [-0.15, -0.1) is 0 Å². The number of benzene rings is 1. The van der Waals surface area contributed by atoms with Gasteiger partial charge in [-0.2, -0.15) is 4.68 Å². The number of hydrogen-bond donors (Lipinski definition) is 0. The normalized spacial score (nSPS) is 9.61. The van der Waals surface area contributed by atoms with E-state index in [0.717, 1.165) is 5.56 Å². The average Bonchev–Trinajstić information content (AvgIpc) is 2.72. The van der Waals surface area contributed by atoms with Crippen LogP contribution in [0.15, 0.2) is 41.0 Å². The van der Waals surface area contributed by atoms with Crippen molar-refractivity contribution in [3.05, 3.63) is 56.7 Å². The van der Waals surface area contributed by atoms with Gasteiger partial charge in [0.1, 0.15) is 11.0 Å². The summed E-state index contributed by atoms with van der Waals surface area (Å²) in [6.07, 6.45) is 1.54. The van der Waals surface area contributed by atoms with Crippen LogP contribution < -0.4 is 0 Å². The predicted molar refractivity (Wildman–Crippen MR) is 69.9 cm³/mol. The molecule has 0 unspecified atom stereocenters. The molecule has 2 aromatic rings. The van der Waals surface area contributed by atoms with Crippen LogP contribution >= 0.6 is 15.9 Å². The minimum Gasteiger partial charge on any atom is -0.358 e. The second-order valence-electron chi connectivity index (χ2n) is 3.42. The van der Waals surface area contributed by atoms with Gasteiger partial charge in [0.2, 0.25) is 0 Å². The van der Waals surface area contributed by atoms with E-state index in [4.69, 9.17) is 0 Å².